The van der Waals surface area contributed by atoms with Gasteiger partial charge in [0.15, 0.2) is 0 Å². The molecule has 1 atom stereocenters. The van der Waals surface area contributed by atoms with Gasteiger partial charge in [0.2, 0.25) is 0 Å². The zero-order valence-corrected chi connectivity index (χ0v) is 10.4. The van der Waals surface area contributed by atoms with Crippen molar-refractivity contribution in [2.24, 2.45) is 0 Å². The first-order chi connectivity index (χ1) is 7.67. The largest absolute Gasteiger partial charge is 0.396 e. The van der Waals surface area contributed by atoms with Gasteiger partial charge in [0.25, 0.3) is 0 Å². The molecule has 0 aromatic carbocycles. The third-order valence-electron chi connectivity index (χ3n) is 2.52. The molecule has 0 bridgehead atoms. The molecule has 5 nitrogen and oxygen atoms in total. The molecule has 1 aromatic heterocycles. The highest BCUT2D eigenvalue weighted by atomic mass is 16.3. The fourth-order valence-corrected chi connectivity index (χ4v) is 1.71. The Bertz CT molecular complexity index is 311. The minimum atomic E-state index is 0.202. The molecule has 16 heavy (non-hydrogen) atoms. The minimum absolute atomic E-state index is 0.202. The number of nitrogens with one attached hydrogen (secondary N) is 1. The predicted molar refractivity (Wildman–Crippen MR) is 63.3 cm³/mol. The van der Waals surface area contributed by atoms with E-state index in [0.717, 1.165) is 37.6 Å². The minimum Gasteiger partial charge on any atom is -0.396 e. The summed E-state index contributed by atoms with van der Waals surface area (Å²) in [5.74, 6) is 1.73. The van der Waals surface area contributed by atoms with Crippen molar-refractivity contribution < 1.29 is 5.11 Å². The van der Waals surface area contributed by atoms with Crippen LogP contribution in [0.2, 0.25) is 0 Å². The first kappa shape index (κ1) is 13.1. The summed E-state index contributed by atoms with van der Waals surface area (Å²) in [6.07, 6.45) is 1.84. The molecular formula is C11H22N4O. The van der Waals surface area contributed by atoms with E-state index in [2.05, 4.69) is 22.3 Å². The van der Waals surface area contributed by atoms with Crippen LogP contribution in [0.25, 0.3) is 0 Å². The van der Waals surface area contributed by atoms with Crippen molar-refractivity contribution in [2.75, 3.05) is 13.2 Å². The Morgan fingerprint density at radius 1 is 1.44 bits per heavy atom. The fraction of sp³-hybridized carbons (Fsp3) is 0.818. The van der Waals surface area contributed by atoms with E-state index in [9.17, 15) is 0 Å². The van der Waals surface area contributed by atoms with E-state index in [1.165, 1.54) is 0 Å². The number of rotatable bonds is 7. The predicted octanol–water partition coefficient (Wildman–Crippen LogP) is 0.646. The number of aliphatic hydroxyl groups excluding tert-OH is 1. The summed E-state index contributed by atoms with van der Waals surface area (Å²) < 4.78 is 1.90. The summed E-state index contributed by atoms with van der Waals surface area (Å²) in [6.45, 7) is 7.92. The quantitative estimate of drug-likeness (QED) is 0.716. The van der Waals surface area contributed by atoms with E-state index in [4.69, 9.17) is 5.11 Å². The van der Waals surface area contributed by atoms with Gasteiger partial charge in [-0.3, -0.25) is 0 Å². The highest BCUT2D eigenvalue weighted by Gasteiger charge is 2.11. The van der Waals surface area contributed by atoms with Crippen molar-refractivity contribution in [3.05, 3.63) is 11.6 Å². The van der Waals surface area contributed by atoms with Crippen molar-refractivity contribution in [2.45, 2.75) is 46.2 Å². The van der Waals surface area contributed by atoms with Crippen molar-refractivity contribution in [3.63, 3.8) is 0 Å². The van der Waals surface area contributed by atoms with Crippen molar-refractivity contribution in [3.8, 4) is 0 Å². The van der Waals surface area contributed by atoms with Crippen molar-refractivity contribution in [1.29, 1.82) is 0 Å². The Balaban J connectivity index is 2.56. The summed E-state index contributed by atoms with van der Waals surface area (Å²) in [6, 6.07) is 0.268. The highest BCUT2D eigenvalue weighted by Crippen LogP contribution is 2.01. The average Bonchev–Trinajstić information content (AvgIpc) is 2.54. The van der Waals surface area contributed by atoms with Crippen LogP contribution in [0.4, 0.5) is 0 Å². The molecule has 0 aliphatic rings. The molecule has 1 rings (SSSR count). The third-order valence-corrected chi connectivity index (χ3v) is 2.52. The lowest BCUT2D eigenvalue weighted by Crippen LogP contribution is -2.35. The maximum Gasteiger partial charge on any atom is 0.147 e. The molecule has 1 unspecified atom stereocenters. The van der Waals surface area contributed by atoms with E-state index >= 15 is 0 Å². The Labute approximate surface area is 96.9 Å². The summed E-state index contributed by atoms with van der Waals surface area (Å²) in [5, 5.41) is 16.7. The normalized spacial score (nSPS) is 13.0. The second-order valence-corrected chi connectivity index (χ2v) is 4.05. The maximum absolute atomic E-state index is 9.00. The lowest BCUT2D eigenvalue weighted by atomic mass is 10.2. The molecule has 5 heteroatoms. The number of hydrogen-bond donors (Lipinski definition) is 2. The second-order valence-electron chi connectivity index (χ2n) is 4.05. The zero-order chi connectivity index (χ0) is 12.0. The molecule has 0 spiro atoms. The van der Waals surface area contributed by atoms with Gasteiger partial charge in [0.1, 0.15) is 11.6 Å². The molecular weight excluding hydrogens is 204 g/mol. The monoisotopic (exact) mass is 226 g/mol. The van der Waals surface area contributed by atoms with E-state index in [0.29, 0.717) is 0 Å². The number of aryl methyl sites for hydroxylation is 2. The van der Waals surface area contributed by atoms with Crippen LogP contribution < -0.4 is 5.32 Å². The maximum atomic E-state index is 9.00. The van der Waals surface area contributed by atoms with Gasteiger partial charge in [-0.15, -0.1) is 0 Å². The lowest BCUT2D eigenvalue weighted by molar-refractivity contribution is 0.253. The molecule has 0 amide bonds. The summed E-state index contributed by atoms with van der Waals surface area (Å²) in [5.41, 5.74) is 0. The first-order valence-corrected chi connectivity index (χ1v) is 5.89. The standard InChI is InChI=1S/C11H22N4O/c1-4-6-12-11(5-7-16)8-15-10(3)13-9(2)14-15/h11-12,16H,4-8H2,1-3H3. The van der Waals surface area contributed by atoms with Crippen LogP contribution in [0.1, 0.15) is 31.4 Å². The topological polar surface area (TPSA) is 63.0 Å². The Morgan fingerprint density at radius 3 is 2.69 bits per heavy atom. The molecule has 0 saturated carbocycles. The van der Waals surface area contributed by atoms with Crippen molar-refractivity contribution in [1.82, 2.24) is 20.1 Å². The summed E-state index contributed by atoms with van der Waals surface area (Å²) in [7, 11) is 0. The molecule has 0 radical (unpaired) electrons. The second kappa shape index (κ2) is 6.60. The van der Waals surface area contributed by atoms with E-state index in [1.54, 1.807) is 0 Å². The number of aromatic nitrogens is 3. The smallest absolute Gasteiger partial charge is 0.147 e. The Hall–Kier alpha value is -0.940. The molecule has 1 heterocycles. The van der Waals surface area contributed by atoms with E-state index in [-0.39, 0.29) is 12.6 Å². The molecule has 0 aliphatic carbocycles. The van der Waals surface area contributed by atoms with E-state index < -0.39 is 0 Å². The number of hydrogen-bond acceptors (Lipinski definition) is 4. The molecule has 0 saturated heterocycles. The first-order valence-electron chi connectivity index (χ1n) is 5.89. The van der Waals surface area contributed by atoms with Gasteiger partial charge in [-0.25, -0.2) is 9.67 Å². The molecule has 0 fully saturated rings. The molecule has 2 N–H and O–H groups in total. The zero-order valence-electron chi connectivity index (χ0n) is 10.4. The highest BCUT2D eigenvalue weighted by molar-refractivity contribution is 4.88. The van der Waals surface area contributed by atoms with Crippen LogP contribution in [0.3, 0.4) is 0 Å². The Morgan fingerprint density at radius 2 is 2.19 bits per heavy atom. The summed E-state index contributed by atoms with van der Waals surface area (Å²) >= 11 is 0. The van der Waals surface area contributed by atoms with Crippen LogP contribution in [-0.4, -0.2) is 39.1 Å². The third kappa shape index (κ3) is 3.90. The van der Waals surface area contributed by atoms with Gasteiger partial charge in [-0.1, -0.05) is 6.92 Å². The van der Waals surface area contributed by atoms with Crippen LogP contribution in [0.5, 0.6) is 0 Å². The lowest BCUT2D eigenvalue weighted by Gasteiger charge is -2.17. The average molecular weight is 226 g/mol. The van der Waals surface area contributed by atoms with Gasteiger partial charge in [-0.2, -0.15) is 5.10 Å². The number of nitrogens with zero attached hydrogens (tertiary/aromatic N) is 3. The van der Waals surface area contributed by atoms with Crippen LogP contribution in [-0.2, 0) is 6.54 Å². The van der Waals surface area contributed by atoms with Gasteiger partial charge >= 0.3 is 0 Å². The van der Waals surface area contributed by atoms with Gasteiger partial charge in [-0.05, 0) is 33.2 Å². The van der Waals surface area contributed by atoms with Crippen LogP contribution >= 0.6 is 0 Å². The molecule has 92 valence electrons. The Kier molecular flexibility index (Phi) is 5.42. The summed E-state index contributed by atoms with van der Waals surface area (Å²) in [4.78, 5) is 4.27. The number of aliphatic hydroxyl groups is 1. The molecule has 1 aromatic rings. The van der Waals surface area contributed by atoms with Crippen molar-refractivity contribution >= 4 is 0 Å². The van der Waals surface area contributed by atoms with Gasteiger partial charge in [0.05, 0.1) is 6.54 Å². The van der Waals surface area contributed by atoms with Gasteiger partial charge in [0, 0.05) is 12.6 Å². The van der Waals surface area contributed by atoms with Crippen LogP contribution in [0, 0.1) is 13.8 Å². The van der Waals surface area contributed by atoms with E-state index in [1.807, 2.05) is 18.5 Å². The fourth-order valence-electron chi connectivity index (χ4n) is 1.71. The molecule has 0 aliphatic heterocycles. The van der Waals surface area contributed by atoms with Crippen LogP contribution in [0.15, 0.2) is 0 Å². The SMILES string of the molecule is CCCNC(CCO)Cn1nc(C)nc1C. The van der Waals surface area contributed by atoms with Gasteiger partial charge < -0.3 is 10.4 Å².